The Bertz CT molecular complexity index is 1200. The number of urea groups is 1. The fraction of sp³-hybridized carbons (Fsp3) is 0.125. The minimum absolute atomic E-state index is 0.452. The molecule has 0 radical (unpaired) electrons. The van der Waals surface area contributed by atoms with Crippen molar-refractivity contribution in [3.05, 3.63) is 88.4 Å². The van der Waals surface area contributed by atoms with E-state index in [-0.39, 0.29) is 0 Å². The number of halogens is 2. The lowest BCUT2D eigenvalue weighted by Gasteiger charge is -2.18. The van der Waals surface area contributed by atoms with E-state index in [9.17, 15) is 19.5 Å². The van der Waals surface area contributed by atoms with Gasteiger partial charge in [0.05, 0.1) is 0 Å². The van der Waals surface area contributed by atoms with Gasteiger partial charge < -0.3 is 15.7 Å². The average molecular weight is 484 g/mol. The van der Waals surface area contributed by atoms with Crippen LogP contribution in [0.2, 0.25) is 10.0 Å². The molecule has 0 aliphatic carbocycles. The van der Waals surface area contributed by atoms with Crippen LogP contribution in [0.1, 0.15) is 11.7 Å². The van der Waals surface area contributed by atoms with Crippen molar-refractivity contribution in [1.82, 2.24) is 10.2 Å². The highest BCUT2D eigenvalue weighted by Gasteiger charge is 2.43. The maximum atomic E-state index is 12.8. The van der Waals surface area contributed by atoms with Crippen LogP contribution in [0.4, 0.5) is 10.5 Å². The summed E-state index contributed by atoms with van der Waals surface area (Å²) in [4.78, 5) is 38.3. The molecule has 0 bridgehead atoms. The summed E-state index contributed by atoms with van der Waals surface area (Å²) in [6, 6.07) is 18.7. The number of carbonyl (C=O) groups excluding carboxylic acids is 3. The van der Waals surface area contributed by atoms with Crippen molar-refractivity contribution in [2.45, 2.75) is 12.1 Å². The molecule has 1 heterocycles. The van der Waals surface area contributed by atoms with E-state index in [0.29, 0.717) is 21.3 Å². The number of carbonyl (C=O) groups is 3. The van der Waals surface area contributed by atoms with Gasteiger partial charge in [-0.15, -0.1) is 0 Å². The lowest BCUT2D eigenvalue weighted by atomic mass is 9.97. The van der Waals surface area contributed by atoms with Crippen molar-refractivity contribution in [3.63, 3.8) is 0 Å². The van der Waals surface area contributed by atoms with Gasteiger partial charge in [0.25, 0.3) is 5.91 Å². The number of hydrogen-bond acceptors (Lipinski definition) is 4. The standard InChI is InChI=1S/C24H19Cl2N3O4/c25-17-6-4-14(5-7-17)15-2-1-3-16(12-15)22(31)21-23(32)29(24(33)28-21)13-20(30)27-19-10-8-18(26)9-11-19/h1-12,21-22,31H,13H2,(H,27,30)(H,28,33). The van der Waals surface area contributed by atoms with E-state index in [1.165, 1.54) is 0 Å². The summed E-state index contributed by atoms with van der Waals surface area (Å²) >= 11 is 11.8. The SMILES string of the molecule is O=C(CN1C(=O)NC(C(O)c2cccc(-c3ccc(Cl)cc3)c2)C1=O)Nc1ccc(Cl)cc1. The van der Waals surface area contributed by atoms with Gasteiger partial charge in [-0.1, -0.05) is 53.5 Å². The van der Waals surface area contributed by atoms with Crippen LogP contribution >= 0.6 is 23.2 Å². The van der Waals surface area contributed by atoms with E-state index < -0.39 is 36.5 Å². The molecule has 33 heavy (non-hydrogen) atoms. The molecule has 3 aromatic carbocycles. The molecule has 3 N–H and O–H groups in total. The predicted octanol–water partition coefficient (Wildman–Crippen LogP) is 4.25. The molecule has 1 aliphatic heterocycles. The van der Waals surface area contributed by atoms with Crippen molar-refractivity contribution >= 4 is 46.7 Å². The topological polar surface area (TPSA) is 98.7 Å². The first-order chi connectivity index (χ1) is 15.8. The van der Waals surface area contributed by atoms with Gasteiger partial charge in [-0.05, 0) is 59.2 Å². The number of aliphatic hydroxyl groups excluding tert-OH is 1. The molecular weight excluding hydrogens is 465 g/mol. The number of imide groups is 1. The summed E-state index contributed by atoms with van der Waals surface area (Å²) in [5.41, 5.74) is 2.63. The number of anilines is 1. The summed E-state index contributed by atoms with van der Waals surface area (Å²) < 4.78 is 0. The molecule has 7 nitrogen and oxygen atoms in total. The van der Waals surface area contributed by atoms with E-state index in [1.807, 2.05) is 18.2 Å². The Morgan fingerprint density at radius 1 is 0.970 bits per heavy atom. The van der Waals surface area contributed by atoms with Crippen molar-refractivity contribution in [2.75, 3.05) is 11.9 Å². The first-order valence-corrected chi connectivity index (χ1v) is 10.8. The Kier molecular flexibility index (Phi) is 6.65. The number of hydrogen-bond donors (Lipinski definition) is 3. The van der Waals surface area contributed by atoms with Crippen LogP contribution in [0.5, 0.6) is 0 Å². The third-order valence-corrected chi connectivity index (χ3v) is 5.71. The van der Waals surface area contributed by atoms with Crippen molar-refractivity contribution in [3.8, 4) is 11.1 Å². The number of benzene rings is 3. The largest absolute Gasteiger partial charge is 0.386 e. The zero-order valence-corrected chi connectivity index (χ0v) is 18.7. The number of rotatable bonds is 6. The number of aliphatic hydroxyl groups is 1. The quantitative estimate of drug-likeness (QED) is 0.456. The fourth-order valence-corrected chi connectivity index (χ4v) is 3.77. The second-order valence-electron chi connectivity index (χ2n) is 7.48. The third-order valence-electron chi connectivity index (χ3n) is 5.21. The van der Waals surface area contributed by atoms with Gasteiger partial charge >= 0.3 is 6.03 Å². The highest BCUT2D eigenvalue weighted by Crippen LogP contribution is 2.28. The zero-order valence-electron chi connectivity index (χ0n) is 17.2. The molecule has 0 aromatic heterocycles. The van der Waals surface area contributed by atoms with Crippen LogP contribution in [0, 0.1) is 0 Å². The molecule has 0 spiro atoms. The van der Waals surface area contributed by atoms with Gasteiger partial charge in [-0.25, -0.2) is 4.79 Å². The lowest BCUT2D eigenvalue weighted by molar-refractivity contribution is -0.132. The first kappa shape index (κ1) is 22.8. The van der Waals surface area contributed by atoms with Crippen LogP contribution in [0.3, 0.4) is 0 Å². The minimum atomic E-state index is -1.29. The number of nitrogens with zero attached hydrogens (tertiary/aromatic N) is 1. The molecule has 168 valence electrons. The van der Waals surface area contributed by atoms with Crippen LogP contribution in [0.25, 0.3) is 11.1 Å². The second-order valence-corrected chi connectivity index (χ2v) is 8.36. The van der Waals surface area contributed by atoms with Gasteiger partial charge in [0.1, 0.15) is 18.7 Å². The molecule has 3 aromatic rings. The Morgan fingerprint density at radius 2 is 1.61 bits per heavy atom. The summed E-state index contributed by atoms with van der Waals surface area (Å²) in [5.74, 6) is -1.24. The maximum absolute atomic E-state index is 12.8. The van der Waals surface area contributed by atoms with Crippen LogP contribution in [-0.2, 0) is 9.59 Å². The number of amides is 4. The molecule has 4 rings (SSSR count). The number of nitrogens with one attached hydrogen (secondary N) is 2. The molecule has 1 fully saturated rings. The Labute approximate surface area is 199 Å². The predicted molar refractivity (Wildman–Crippen MR) is 126 cm³/mol. The molecule has 2 unspecified atom stereocenters. The lowest BCUT2D eigenvalue weighted by Crippen LogP contribution is -2.39. The highest BCUT2D eigenvalue weighted by atomic mass is 35.5. The smallest absolute Gasteiger partial charge is 0.325 e. The molecule has 1 aliphatic rings. The van der Waals surface area contributed by atoms with E-state index >= 15 is 0 Å². The fourth-order valence-electron chi connectivity index (χ4n) is 3.52. The summed E-state index contributed by atoms with van der Waals surface area (Å²) in [6.07, 6.45) is -1.29. The van der Waals surface area contributed by atoms with E-state index in [1.54, 1.807) is 54.6 Å². The van der Waals surface area contributed by atoms with Crippen molar-refractivity contribution in [1.29, 1.82) is 0 Å². The van der Waals surface area contributed by atoms with Crippen LogP contribution in [-0.4, -0.2) is 40.4 Å². The molecular formula is C24H19Cl2N3O4. The van der Waals surface area contributed by atoms with E-state index in [4.69, 9.17) is 23.2 Å². The average Bonchev–Trinajstić information content (AvgIpc) is 3.09. The van der Waals surface area contributed by atoms with E-state index in [2.05, 4.69) is 10.6 Å². The zero-order chi connectivity index (χ0) is 23.5. The monoisotopic (exact) mass is 483 g/mol. The van der Waals surface area contributed by atoms with Gasteiger partial charge in [-0.3, -0.25) is 14.5 Å². The summed E-state index contributed by atoms with van der Waals surface area (Å²) in [7, 11) is 0. The molecule has 4 amide bonds. The molecule has 2 atom stereocenters. The first-order valence-electron chi connectivity index (χ1n) is 10.0. The maximum Gasteiger partial charge on any atom is 0.325 e. The Morgan fingerprint density at radius 3 is 2.27 bits per heavy atom. The van der Waals surface area contributed by atoms with Gasteiger partial charge in [0.15, 0.2) is 0 Å². The van der Waals surface area contributed by atoms with Gasteiger partial charge in [0, 0.05) is 15.7 Å². The molecule has 1 saturated heterocycles. The van der Waals surface area contributed by atoms with Gasteiger partial charge in [0.2, 0.25) is 5.91 Å². The van der Waals surface area contributed by atoms with Crippen LogP contribution in [0.15, 0.2) is 72.8 Å². The molecule has 9 heteroatoms. The van der Waals surface area contributed by atoms with Crippen molar-refractivity contribution in [2.24, 2.45) is 0 Å². The second kappa shape index (κ2) is 9.62. The Hall–Kier alpha value is -3.39. The third kappa shape index (κ3) is 5.17. The van der Waals surface area contributed by atoms with E-state index in [0.717, 1.165) is 16.0 Å². The van der Waals surface area contributed by atoms with Crippen molar-refractivity contribution < 1.29 is 19.5 Å². The van der Waals surface area contributed by atoms with Crippen LogP contribution < -0.4 is 10.6 Å². The normalized spacial score (nSPS) is 16.5. The summed E-state index contributed by atoms with van der Waals surface area (Å²) in [5, 5.41) is 17.0. The van der Waals surface area contributed by atoms with Gasteiger partial charge in [-0.2, -0.15) is 0 Å². The summed E-state index contributed by atoms with van der Waals surface area (Å²) in [6.45, 7) is -0.485. The minimum Gasteiger partial charge on any atom is -0.386 e. The molecule has 0 saturated carbocycles. The Balaban J connectivity index is 1.45. The highest BCUT2D eigenvalue weighted by molar-refractivity contribution is 6.31.